The standard InChI is InChI=1S/C12H23N3O3/c1-4-8(2)10(13)11(16)15-6-5-9(7-15)14-12(17)18-3/h8-10H,4-7,13H2,1-3H3,(H,14,17). The number of hydrogen-bond donors (Lipinski definition) is 2. The number of methoxy groups -OCH3 is 1. The monoisotopic (exact) mass is 257 g/mol. The summed E-state index contributed by atoms with van der Waals surface area (Å²) in [4.78, 5) is 24.9. The smallest absolute Gasteiger partial charge is 0.407 e. The summed E-state index contributed by atoms with van der Waals surface area (Å²) in [5, 5.41) is 2.70. The minimum Gasteiger partial charge on any atom is -0.453 e. The van der Waals surface area contributed by atoms with E-state index in [0.717, 1.165) is 12.8 Å². The molecule has 0 saturated carbocycles. The summed E-state index contributed by atoms with van der Waals surface area (Å²) in [6, 6.07) is -0.489. The number of rotatable bonds is 4. The van der Waals surface area contributed by atoms with Crippen molar-refractivity contribution in [3.63, 3.8) is 0 Å². The number of alkyl carbamates (subject to hydrolysis) is 1. The molecule has 3 N–H and O–H groups in total. The van der Waals surface area contributed by atoms with Crippen LogP contribution in [-0.2, 0) is 9.53 Å². The Morgan fingerprint density at radius 3 is 2.78 bits per heavy atom. The predicted molar refractivity (Wildman–Crippen MR) is 68.0 cm³/mol. The number of nitrogens with zero attached hydrogens (tertiary/aromatic N) is 1. The van der Waals surface area contributed by atoms with Crippen molar-refractivity contribution >= 4 is 12.0 Å². The molecule has 0 aromatic rings. The highest BCUT2D eigenvalue weighted by atomic mass is 16.5. The van der Waals surface area contributed by atoms with Crippen molar-refractivity contribution in [3.8, 4) is 0 Å². The zero-order valence-electron chi connectivity index (χ0n) is 11.3. The lowest BCUT2D eigenvalue weighted by Crippen LogP contribution is -2.47. The van der Waals surface area contributed by atoms with Gasteiger partial charge in [0.1, 0.15) is 0 Å². The van der Waals surface area contributed by atoms with Gasteiger partial charge in [0.15, 0.2) is 0 Å². The van der Waals surface area contributed by atoms with E-state index in [-0.39, 0.29) is 17.9 Å². The lowest BCUT2D eigenvalue weighted by molar-refractivity contribution is -0.132. The molecule has 6 nitrogen and oxygen atoms in total. The van der Waals surface area contributed by atoms with E-state index in [1.165, 1.54) is 7.11 Å². The van der Waals surface area contributed by atoms with Crippen LogP contribution in [0.15, 0.2) is 0 Å². The largest absolute Gasteiger partial charge is 0.453 e. The number of hydrogen-bond acceptors (Lipinski definition) is 4. The Labute approximate surface area is 108 Å². The van der Waals surface area contributed by atoms with E-state index in [1.807, 2.05) is 13.8 Å². The van der Waals surface area contributed by atoms with Crippen LogP contribution in [-0.4, -0.2) is 49.2 Å². The summed E-state index contributed by atoms with van der Waals surface area (Å²) >= 11 is 0. The summed E-state index contributed by atoms with van der Waals surface area (Å²) in [5.41, 5.74) is 5.92. The number of amides is 2. The maximum atomic E-state index is 12.1. The number of carbonyl (C=O) groups is 2. The first-order valence-electron chi connectivity index (χ1n) is 6.38. The second-order valence-electron chi connectivity index (χ2n) is 4.82. The predicted octanol–water partition coefficient (Wildman–Crippen LogP) is 0.317. The Hall–Kier alpha value is -1.30. The van der Waals surface area contributed by atoms with Crippen LogP contribution in [0.2, 0.25) is 0 Å². The molecular weight excluding hydrogens is 234 g/mol. The van der Waals surface area contributed by atoms with Crippen molar-refractivity contribution in [1.29, 1.82) is 0 Å². The molecule has 0 aromatic carbocycles. The van der Waals surface area contributed by atoms with Crippen molar-refractivity contribution in [1.82, 2.24) is 10.2 Å². The molecule has 6 heteroatoms. The van der Waals surface area contributed by atoms with Crippen molar-refractivity contribution in [2.45, 2.75) is 38.8 Å². The van der Waals surface area contributed by atoms with Gasteiger partial charge in [0.2, 0.25) is 5.91 Å². The van der Waals surface area contributed by atoms with Gasteiger partial charge in [0.05, 0.1) is 19.2 Å². The highest BCUT2D eigenvalue weighted by molar-refractivity contribution is 5.82. The number of nitrogens with two attached hydrogens (primary N) is 1. The molecule has 1 fully saturated rings. The van der Waals surface area contributed by atoms with Crippen LogP contribution in [0.5, 0.6) is 0 Å². The summed E-state index contributed by atoms with van der Waals surface area (Å²) in [6.07, 6.45) is 1.17. The van der Waals surface area contributed by atoms with Gasteiger partial charge in [0.25, 0.3) is 0 Å². The first-order chi connectivity index (χ1) is 8.49. The fraction of sp³-hybridized carbons (Fsp3) is 0.833. The Morgan fingerprint density at radius 1 is 1.56 bits per heavy atom. The molecular formula is C12H23N3O3. The molecule has 0 radical (unpaired) electrons. The van der Waals surface area contributed by atoms with Gasteiger partial charge in [-0.05, 0) is 12.3 Å². The van der Waals surface area contributed by atoms with Crippen LogP contribution in [0.1, 0.15) is 26.7 Å². The van der Waals surface area contributed by atoms with Crippen LogP contribution in [0, 0.1) is 5.92 Å². The molecule has 1 aliphatic heterocycles. The van der Waals surface area contributed by atoms with E-state index in [9.17, 15) is 9.59 Å². The Bertz CT molecular complexity index is 309. The highest BCUT2D eigenvalue weighted by Gasteiger charge is 2.31. The third-order valence-electron chi connectivity index (χ3n) is 3.55. The van der Waals surface area contributed by atoms with Gasteiger partial charge in [-0.15, -0.1) is 0 Å². The molecule has 0 bridgehead atoms. The number of likely N-dealkylation sites (tertiary alicyclic amines) is 1. The van der Waals surface area contributed by atoms with Crippen molar-refractivity contribution in [2.24, 2.45) is 11.7 Å². The summed E-state index contributed by atoms with van der Waals surface area (Å²) in [6.45, 7) is 5.14. The van der Waals surface area contributed by atoms with Crippen LogP contribution in [0.4, 0.5) is 4.79 Å². The van der Waals surface area contributed by atoms with Gasteiger partial charge >= 0.3 is 6.09 Å². The molecule has 1 heterocycles. The van der Waals surface area contributed by atoms with Gasteiger partial charge in [-0.2, -0.15) is 0 Å². The zero-order chi connectivity index (χ0) is 13.7. The third kappa shape index (κ3) is 3.60. The lowest BCUT2D eigenvalue weighted by atomic mass is 9.99. The van der Waals surface area contributed by atoms with Crippen molar-refractivity contribution in [2.75, 3.05) is 20.2 Å². The molecule has 104 valence electrons. The highest BCUT2D eigenvalue weighted by Crippen LogP contribution is 2.14. The maximum absolute atomic E-state index is 12.1. The molecule has 2 amide bonds. The average molecular weight is 257 g/mol. The van der Waals surface area contributed by atoms with E-state index >= 15 is 0 Å². The molecule has 0 aromatic heterocycles. The first-order valence-corrected chi connectivity index (χ1v) is 6.38. The van der Waals surface area contributed by atoms with Crippen LogP contribution in [0.3, 0.4) is 0 Å². The topological polar surface area (TPSA) is 84.7 Å². The Balaban J connectivity index is 2.46. The van der Waals surface area contributed by atoms with E-state index < -0.39 is 12.1 Å². The van der Waals surface area contributed by atoms with Gasteiger partial charge in [-0.1, -0.05) is 20.3 Å². The average Bonchev–Trinajstić information content (AvgIpc) is 2.84. The van der Waals surface area contributed by atoms with Crippen LogP contribution < -0.4 is 11.1 Å². The Morgan fingerprint density at radius 2 is 2.22 bits per heavy atom. The SMILES string of the molecule is CCC(C)C(N)C(=O)N1CCC(NC(=O)OC)C1. The second-order valence-corrected chi connectivity index (χ2v) is 4.82. The quantitative estimate of drug-likeness (QED) is 0.759. The van der Waals surface area contributed by atoms with E-state index in [1.54, 1.807) is 4.90 Å². The third-order valence-corrected chi connectivity index (χ3v) is 3.55. The Kier molecular flexibility index (Phi) is 5.40. The van der Waals surface area contributed by atoms with Gasteiger partial charge in [0, 0.05) is 13.1 Å². The number of ether oxygens (including phenoxy) is 1. The minimum absolute atomic E-state index is 0.0292. The van der Waals surface area contributed by atoms with Crippen molar-refractivity contribution in [3.05, 3.63) is 0 Å². The van der Waals surface area contributed by atoms with E-state index in [0.29, 0.717) is 13.1 Å². The molecule has 1 aliphatic rings. The summed E-state index contributed by atoms with van der Waals surface area (Å²) in [7, 11) is 1.33. The maximum Gasteiger partial charge on any atom is 0.407 e. The first kappa shape index (κ1) is 14.8. The second kappa shape index (κ2) is 6.58. The van der Waals surface area contributed by atoms with Gasteiger partial charge in [-0.3, -0.25) is 4.79 Å². The van der Waals surface area contributed by atoms with Crippen molar-refractivity contribution < 1.29 is 14.3 Å². The van der Waals surface area contributed by atoms with Crippen LogP contribution >= 0.6 is 0 Å². The molecule has 0 spiro atoms. The number of nitrogens with one attached hydrogen (secondary N) is 1. The van der Waals surface area contributed by atoms with E-state index in [2.05, 4.69) is 10.1 Å². The summed E-state index contributed by atoms with van der Waals surface area (Å²) < 4.78 is 4.53. The number of carbonyl (C=O) groups excluding carboxylic acids is 2. The fourth-order valence-corrected chi connectivity index (χ4v) is 2.01. The molecule has 3 unspecified atom stereocenters. The molecule has 18 heavy (non-hydrogen) atoms. The van der Waals surface area contributed by atoms with E-state index in [4.69, 9.17) is 5.73 Å². The minimum atomic E-state index is -0.458. The lowest BCUT2D eigenvalue weighted by Gasteiger charge is -2.24. The summed E-state index contributed by atoms with van der Waals surface area (Å²) in [5.74, 6) is 0.142. The molecule has 3 atom stereocenters. The molecule has 0 aliphatic carbocycles. The zero-order valence-corrected chi connectivity index (χ0v) is 11.3. The van der Waals surface area contributed by atoms with Gasteiger partial charge < -0.3 is 20.7 Å². The normalized spacial score (nSPS) is 22.4. The van der Waals surface area contributed by atoms with Crippen LogP contribution in [0.25, 0.3) is 0 Å². The molecule has 1 saturated heterocycles. The molecule has 1 rings (SSSR count). The fourth-order valence-electron chi connectivity index (χ4n) is 2.01. The van der Waals surface area contributed by atoms with Gasteiger partial charge in [-0.25, -0.2) is 4.79 Å².